The summed E-state index contributed by atoms with van der Waals surface area (Å²) in [5.74, 6) is 1.42. The molecule has 7 heteroatoms. The highest BCUT2D eigenvalue weighted by atomic mass is 32.1. The lowest BCUT2D eigenvalue weighted by molar-refractivity contribution is 0.113. The van der Waals surface area contributed by atoms with E-state index >= 15 is 0 Å². The van der Waals surface area contributed by atoms with Crippen LogP contribution >= 0.6 is 11.5 Å². The number of hydrogen-bond acceptors (Lipinski definition) is 7. The standard InChI is InChI=1S/C14H18N4O2S/c1-10(19-2)13-16-14(21-17-13)18-8-6-11(9-18)20-12-5-3-4-7-15-12/h3-5,7,10-11H,6,8-9H2,1-2H3. The highest BCUT2D eigenvalue weighted by Crippen LogP contribution is 2.26. The van der Waals surface area contributed by atoms with E-state index in [4.69, 9.17) is 9.47 Å². The van der Waals surface area contributed by atoms with Crippen molar-refractivity contribution in [3.05, 3.63) is 30.2 Å². The first-order valence-corrected chi connectivity index (χ1v) is 7.72. The zero-order chi connectivity index (χ0) is 14.7. The van der Waals surface area contributed by atoms with E-state index in [0.29, 0.717) is 5.88 Å². The van der Waals surface area contributed by atoms with Crippen LogP contribution in [0.4, 0.5) is 5.13 Å². The fourth-order valence-corrected chi connectivity index (χ4v) is 2.99. The van der Waals surface area contributed by atoms with Gasteiger partial charge >= 0.3 is 0 Å². The first-order chi connectivity index (χ1) is 10.3. The molecular formula is C14H18N4O2S. The van der Waals surface area contributed by atoms with Crippen LogP contribution in [0.3, 0.4) is 0 Å². The van der Waals surface area contributed by atoms with Crippen LogP contribution in [0.2, 0.25) is 0 Å². The zero-order valence-corrected chi connectivity index (χ0v) is 12.9. The van der Waals surface area contributed by atoms with Gasteiger partial charge in [0.2, 0.25) is 11.0 Å². The van der Waals surface area contributed by atoms with E-state index in [0.717, 1.165) is 30.5 Å². The largest absolute Gasteiger partial charge is 0.472 e. The molecule has 2 aromatic heterocycles. The van der Waals surface area contributed by atoms with Crippen LogP contribution in [0, 0.1) is 0 Å². The third-order valence-corrected chi connectivity index (χ3v) is 4.28. The fraction of sp³-hybridized carbons (Fsp3) is 0.500. The van der Waals surface area contributed by atoms with Crippen LogP contribution in [-0.2, 0) is 4.74 Å². The van der Waals surface area contributed by atoms with Crippen molar-refractivity contribution in [2.75, 3.05) is 25.1 Å². The molecule has 0 spiro atoms. The van der Waals surface area contributed by atoms with Crippen molar-refractivity contribution in [3.8, 4) is 5.88 Å². The summed E-state index contributed by atoms with van der Waals surface area (Å²) in [4.78, 5) is 10.9. The van der Waals surface area contributed by atoms with Gasteiger partial charge in [0.1, 0.15) is 12.2 Å². The molecule has 2 unspecified atom stereocenters. The van der Waals surface area contributed by atoms with Crippen molar-refractivity contribution < 1.29 is 9.47 Å². The second-order valence-electron chi connectivity index (χ2n) is 4.96. The average molecular weight is 306 g/mol. The first-order valence-electron chi connectivity index (χ1n) is 6.95. The Kier molecular flexibility index (Phi) is 4.31. The normalized spacial score (nSPS) is 19.7. The Morgan fingerprint density at radius 1 is 1.43 bits per heavy atom. The van der Waals surface area contributed by atoms with Gasteiger partial charge in [-0.2, -0.15) is 4.37 Å². The van der Waals surface area contributed by atoms with Crippen molar-refractivity contribution in [3.63, 3.8) is 0 Å². The lowest BCUT2D eigenvalue weighted by Gasteiger charge is -2.15. The van der Waals surface area contributed by atoms with E-state index < -0.39 is 0 Å². The van der Waals surface area contributed by atoms with Crippen LogP contribution in [0.5, 0.6) is 5.88 Å². The average Bonchev–Trinajstić information content (AvgIpc) is 3.16. The van der Waals surface area contributed by atoms with Crippen LogP contribution < -0.4 is 9.64 Å². The third kappa shape index (κ3) is 3.30. The first kappa shape index (κ1) is 14.2. The molecule has 0 saturated carbocycles. The molecule has 0 radical (unpaired) electrons. The Bertz CT molecular complexity index is 577. The molecule has 112 valence electrons. The van der Waals surface area contributed by atoms with Crippen LogP contribution in [0.25, 0.3) is 0 Å². The Morgan fingerprint density at radius 2 is 2.33 bits per heavy atom. The summed E-state index contributed by atoms with van der Waals surface area (Å²) in [5, 5.41) is 0.932. The van der Waals surface area contributed by atoms with Crippen molar-refractivity contribution >= 4 is 16.7 Å². The predicted octanol–water partition coefficient (Wildman–Crippen LogP) is 2.30. The molecule has 0 aliphatic carbocycles. The molecule has 3 heterocycles. The van der Waals surface area contributed by atoms with E-state index in [1.165, 1.54) is 11.5 Å². The molecular weight excluding hydrogens is 288 g/mol. The summed E-state index contributed by atoms with van der Waals surface area (Å²) in [6.07, 6.45) is 2.78. The van der Waals surface area contributed by atoms with Crippen molar-refractivity contribution in [2.24, 2.45) is 0 Å². The lowest BCUT2D eigenvalue weighted by atomic mass is 10.3. The van der Waals surface area contributed by atoms with Crippen molar-refractivity contribution in [2.45, 2.75) is 25.6 Å². The minimum Gasteiger partial charge on any atom is -0.472 e. The number of rotatable bonds is 5. The van der Waals surface area contributed by atoms with E-state index in [2.05, 4.69) is 19.2 Å². The van der Waals surface area contributed by atoms with Gasteiger partial charge in [-0.3, -0.25) is 0 Å². The Morgan fingerprint density at radius 3 is 3.10 bits per heavy atom. The molecule has 1 saturated heterocycles. The fourth-order valence-electron chi connectivity index (χ4n) is 2.21. The minimum absolute atomic E-state index is 0.0711. The summed E-state index contributed by atoms with van der Waals surface area (Å²) in [5.41, 5.74) is 0. The van der Waals surface area contributed by atoms with Gasteiger partial charge < -0.3 is 14.4 Å². The van der Waals surface area contributed by atoms with Gasteiger partial charge in [0.25, 0.3) is 0 Å². The van der Waals surface area contributed by atoms with Gasteiger partial charge in [0.15, 0.2) is 5.82 Å². The van der Waals surface area contributed by atoms with Crippen molar-refractivity contribution in [1.82, 2.24) is 14.3 Å². The SMILES string of the molecule is COC(C)c1nsc(N2CCC(Oc3ccccn3)C2)n1. The molecule has 0 aromatic carbocycles. The highest BCUT2D eigenvalue weighted by molar-refractivity contribution is 7.09. The van der Waals surface area contributed by atoms with E-state index in [1.807, 2.05) is 25.1 Å². The molecule has 2 atom stereocenters. The maximum absolute atomic E-state index is 5.88. The molecule has 0 N–H and O–H groups in total. The maximum Gasteiger partial charge on any atom is 0.213 e. The minimum atomic E-state index is -0.0711. The third-order valence-electron chi connectivity index (χ3n) is 3.49. The van der Waals surface area contributed by atoms with Gasteiger partial charge in [-0.1, -0.05) is 6.07 Å². The van der Waals surface area contributed by atoms with Gasteiger partial charge in [-0.15, -0.1) is 0 Å². The van der Waals surface area contributed by atoms with E-state index in [1.54, 1.807) is 13.3 Å². The lowest BCUT2D eigenvalue weighted by Crippen LogP contribution is -2.24. The quantitative estimate of drug-likeness (QED) is 0.845. The zero-order valence-electron chi connectivity index (χ0n) is 12.1. The van der Waals surface area contributed by atoms with E-state index in [9.17, 15) is 0 Å². The molecule has 1 aliphatic rings. The monoisotopic (exact) mass is 306 g/mol. The number of aromatic nitrogens is 3. The Hall–Kier alpha value is -1.73. The number of nitrogens with zero attached hydrogens (tertiary/aromatic N) is 4. The second-order valence-corrected chi connectivity index (χ2v) is 5.69. The van der Waals surface area contributed by atoms with Gasteiger partial charge in [-0.25, -0.2) is 9.97 Å². The predicted molar refractivity (Wildman–Crippen MR) is 80.8 cm³/mol. The van der Waals surface area contributed by atoms with Crippen LogP contribution in [0.15, 0.2) is 24.4 Å². The summed E-state index contributed by atoms with van der Waals surface area (Å²) >= 11 is 1.41. The number of hydrogen-bond donors (Lipinski definition) is 0. The maximum atomic E-state index is 5.88. The summed E-state index contributed by atoms with van der Waals surface area (Å²) in [7, 11) is 1.66. The summed E-state index contributed by atoms with van der Waals surface area (Å²) in [6, 6.07) is 5.69. The molecule has 1 fully saturated rings. The molecule has 2 aromatic rings. The van der Waals surface area contributed by atoms with Crippen LogP contribution in [-0.4, -0.2) is 40.6 Å². The number of pyridine rings is 1. The topological polar surface area (TPSA) is 60.4 Å². The highest BCUT2D eigenvalue weighted by Gasteiger charge is 2.27. The molecule has 6 nitrogen and oxygen atoms in total. The molecule has 0 bridgehead atoms. The summed E-state index contributed by atoms with van der Waals surface area (Å²) < 4.78 is 15.5. The molecule has 0 amide bonds. The second kappa shape index (κ2) is 6.36. The van der Waals surface area contributed by atoms with E-state index in [-0.39, 0.29) is 12.2 Å². The number of methoxy groups -OCH3 is 1. The van der Waals surface area contributed by atoms with Gasteiger partial charge in [0.05, 0.1) is 6.54 Å². The van der Waals surface area contributed by atoms with Gasteiger partial charge in [0, 0.05) is 43.9 Å². The van der Waals surface area contributed by atoms with Crippen LogP contribution in [0.1, 0.15) is 25.3 Å². The van der Waals surface area contributed by atoms with Gasteiger partial charge in [-0.05, 0) is 13.0 Å². The molecule has 21 heavy (non-hydrogen) atoms. The Labute approximate surface area is 127 Å². The smallest absolute Gasteiger partial charge is 0.213 e. The molecule has 1 aliphatic heterocycles. The van der Waals surface area contributed by atoms with Crippen molar-refractivity contribution in [1.29, 1.82) is 0 Å². The molecule has 3 rings (SSSR count). The number of anilines is 1. The number of ether oxygens (including phenoxy) is 2. The summed E-state index contributed by atoms with van der Waals surface area (Å²) in [6.45, 7) is 3.68. The Balaban J connectivity index is 1.60.